The smallest absolute Gasteiger partial charge is 0.0635 e. The summed E-state index contributed by atoms with van der Waals surface area (Å²) in [5.41, 5.74) is 1.72. The highest BCUT2D eigenvalue weighted by molar-refractivity contribution is 9.10. The van der Waals surface area contributed by atoms with Gasteiger partial charge in [-0.15, -0.1) is 0 Å². The molecule has 1 fully saturated rings. The van der Waals surface area contributed by atoms with Gasteiger partial charge < -0.3 is 0 Å². The summed E-state index contributed by atoms with van der Waals surface area (Å²) in [4.78, 5) is 0. The number of rotatable bonds is 2. The number of hydrogen-bond acceptors (Lipinski definition) is 1. The van der Waals surface area contributed by atoms with E-state index in [1.165, 1.54) is 37.8 Å². The molecule has 3 heteroatoms. The average Bonchev–Trinajstić information content (AvgIpc) is 2.50. The molecule has 1 aromatic rings. The van der Waals surface area contributed by atoms with Gasteiger partial charge in [0.25, 0.3) is 0 Å². The molecule has 15 heavy (non-hydrogen) atoms. The van der Waals surface area contributed by atoms with Crippen molar-refractivity contribution in [2.24, 2.45) is 5.41 Å². The fourth-order valence-electron chi connectivity index (χ4n) is 2.51. The van der Waals surface area contributed by atoms with E-state index in [4.69, 9.17) is 0 Å². The molecule has 1 aliphatic carbocycles. The van der Waals surface area contributed by atoms with Crippen LogP contribution in [0, 0.1) is 12.3 Å². The van der Waals surface area contributed by atoms with Gasteiger partial charge in [-0.2, -0.15) is 5.10 Å². The molecule has 0 unspecified atom stereocenters. The molecular formula is C12H19BrN2. The van der Waals surface area contributed by atoms with Crippen molar-refractivity contribution in [3.05, 3.63) is 16.4 Å². The Morgan fingerprint density at radius 3 is 2.60 bits per heavy atom. The molecule has 84 valence electrons. The molecule has 0 aliphatic heterocycles. The molecule has 2 nitrogen and oxygen atoms in total. The molecule has 0 atom stereocenters. The fraction of sp³-hybridized carbons (Fsp3) is 0.750. The highest BCUT2D eigenvalue weighted by Gasteiger charge is 2.28. The Kier molecular flexibility index (Phi) is 3.19. The zero-order valence-corrected chi connectivity index (χ0v) is 11.2. The van der Waals surface area contributed by atoms with Crippen molar-refractivity contribution in [2.45, 2.75) is 52.5 Å². The van der Waals surface area contributed by atoms with Gasteiger partial charge in [-0.3, -0.25) is 4.68 Å². The van der Waals surface area contributed by atoms with Crippen LogP contribution in [0.2, 0.25) is 0 Å². The monoisotopic (exact) mass is 270 g/mol. The predicted octanol–water partition coefficient (Wildman–Crippen LogP) is 3.92. The molecule has 0 spiro atoms. The molecule has 1 aliphatic rings. The van der Waals surface area contributed by atoms with E-state index >= 15 is 0 Å². The van der Waals surface area contributed by atoms with Crippen LogP contribution in [0.1, 0.15) is 44.7 Å². The second-order valence-corrected chi connectivity index (χ2v) is 5.96. The molecule has 0 radical (unpaired) electrons. The first-order chi connectivity index (χ1) is 7.11. The second kappa shape index (κ2) is 4.28. The van der Waals surface area contributed by atoms with Gasteiger partial charge in [0.2, 0.25) is 0 Å². The lowest BCUT2D eigenvalue weighted by Crippen LogP contribution is -2.27. The Labute approximate surface area is 100 Å². The zero-order valence-electron chi connectivity index (χ0n) is 9.59. The molecule has 0 bridgehead atoms. The third kappa shape index (κ3) is 2.44. The topological polar surface area (TPSA) is 17.8 Å². The molecule has 0 saturated heterocycles. The van der Waals surface area contributed by atoms with Gasteiger partial charge in [0.15, 0.2) is 0 Å². The van der Waals surface area contributed by atoms with E-state index in [2.05, 4.69) is 39.6 Å². The van der Waals surface area contributed by atoms with Crippen LogP contribution in [0.3, 0.4) is 0 Å². The molecule has 1 heterocycles. The van der Waals surface area contributed by atoms with Crippen LogP contribution in [-0.4, -0.2) is 9.78 Å². The first-order valence-corrected chi connectivity index (χ1v) is 6.58. The van der Waals surface area contributed by atoms with Crippen molar-refractivity contribution < 1.29 is 0 Å². The Balaban J connectivity index is 2.10. The van der Waals surface area contributed by atoms with Gasteiger partial charge in [0.1, 0.15) is 0 Å². The first kappa shape index (κ1) is 11.2. The minimum atomic E-state index is 0.467. The van der Waals surface area contributed by atoms with E-state index in [-0.39, 0.29) is 0 Å². The minimum absolute atomic E-state index is 0.467. The largest absolute Gasteiger partial charge is 0.268 e. The lowest BCUT2D eigenvalue weighted by atomic mass is 9.76. The van der Waals surface area contributed by atoms with E-state index < -0.39 is 0 Å². The predicted molar refractivity (Wildman–Crippen MR) is 65.9 cm³/mol. The summed E-state index contributed by atoms with van der Waals surface area (Å²) < 4.78 is 3.27. The SMILES string of the molecule is Cc1c(Br)cnn1CC1(C)CCCCC1. The third-order valence-electron chi connectivity index (χ3n) is 3.64. The number of aromatic nitrogens is 2. The van der Waals surface area contributed by atoms with Crippen molar-refractivity contribution in [3.8, 4) is 0 Å². The lowest BCUT2D eigenvalue weighted by Gasteiger charge is -2.33. The summed E-state index contributed by atoms with van der Waals surface area (Å²) in [6, 6.07) is 0. The normalized spacial score (nSPS) is 20.5. The Hall–Kier alpha value is -0.310. The number of halogens is 1. The summed E-state index contributed by atoms with van der Waals surface area (Å²) >= 11 is 3.52. The molecule has 1 saturated carbocycles. The van der Waals surface area contributed by atoms with E-state index in [1.54, 1.807) is 0 Å². The standard InChI is InChI=1S/C12H19BrN2/c1-10-11(13)8-14-15(10)9-12(2)6-4-3-5-7-12/h8H,3-7,9H2,1-2H3. The fourth-order valence-corrected chi connectivity index (χ4v) is 2.80. The van der Waals surface area contributed by atoms with Crippen molar-refractivity contribution in [1.29, 1.82) is 0 Å². The molecule has 0 N–H and O–H groups in total. The van der Waals surface area contributed by atoms with E-state index in [1.807, 2.05) is 6.20 Å². The van der Waals surface area contributed by atoms with Crippen LogP contribution in [0.15, 0.2) is 10.7 Å². The Morgan fingerprint density at radius 1 is 1.40 bits per heavy atom. The van der Waals surface area contributed by atoms with Crippen molar-refractivity contribution >= 4 is 15.9 Å². The molecule has 0 amide bonds. The van der Waals surface area contributed by atoms with Crippen LogP contribution in [0.5, 0.6) is 0 Å². The van der Waals surface area contributed by atoms with Gasteiger partial charge in [-0.05, 0) is 41.1 Å². The van der Waals surface area contributed by atoms with E-state index in [9.17, 15) is 0 Å². The lowest BCUT2D eigenvalue weighted by molar-refractivity contribution is 0.174. The van der Waals surface area contributed by atoms with Crippen molar-refractivity contribution in [3.63, 3.8) is 0 Å². The van der Waals surface area contributed by atoms with Gasteiger partial charge in [-0.1, -0.05) is 26.2 Å². The van der Waals surface area contributed by atoms with Gasteiger partial charge in [-0.25, -0.2) is 0 Å². The zero-order chi connectivity index (χ0) is 10.9. The Morgan fingerprint density at radius 2 is 2.07 bits per heavy atom. The summed E-state index contributed by atoms with van der Waals surface area (Å²) in [5.74, 6) is 0. The Bertz CT molecular complexity index is 337. The summed E-state index contributed by atoms with van der Waals surface area (Å²) in [5, 5.41) is 4.42. The molecule has 1 aromatic heterocycles. The maximum atomic E-state index is 4.42. The first-order valence-electron chi connectivity index (χ1n) is 5.79. The maximum absolute atomic E-state index is 4.42. The van der Waals surface area contributed by atoms with Crippen LogP contribution < -0.4 is 0 Å². The van der Waals surface area contributed by atoms with Gasteiger partial charge >= 0.3 is 0 Å². The van der Waals surface area contributed by atoms with Crippen molar-refractivity contribution in [1.82, 2.24) is 9.78 Å². The van der Waals surface area contributed by atoms with Crippen LogP contribution in [-0.2, 0) is 6.54 Å². The second-order valence-electron chi connectivity index (χ2n) is 5.11. The molecular weight excluding hydrogens is 252 g/mol. The average molecular weight is 271 g/mol. The minimum Gasteiger partial charge on any atom is -0.268 e. The molecule has 2 rings (SSSR count). The maximum Gasteiger partial charge on any atom is 0.0635 e. The quantitative estimate of drug-likeness (QED) is 0.797. The highest BCUT2D eigenvalue weighted by atomic mass is 79.9. The number of nitrogens with zero attached hydrogens (tertiary/aromatic N) is 2. The van der Waals surface area contributed by atoms with Gasteiger partial charge in [0.05, 0.1) is 10.7 Å². The van der Waals surface area contributed by atoms with Crippen LogP contribution >= 0.6 is 15.9 Å². The van der Waals surface area contributed by atoms with E-state index in [0.717, 1.165) is 11.0 Å². The van der Waals surface area contributed by atoms with E-state index in [0.29, 0.717) is 5.41 Å². The number of hydrogen-bond donors (Lipinski definition) is 0. The third-order valence-corrected chi connectivity index (χ3v) is 4.41. The molecule has 0 aromatic carbocycles. The highest BCUT2D eigenvalue weighted by Crippen LogP contribution is 2.37. The summed E-state index contributed by atoms with van der Waals surface area (Å²) in [6.45, 7) is 5.61. The van der Waals surface area contributed by atoms with Gasteiger partial charge in [0, 0.05) is 12.2 Å². The van der Waals surface area contributed by atoms with Crippen molar-refractivity contribution in [2.75, 3.05) is 0 Å². The summed E-state index contributed by atoms with van der Waals surface area (Å²) in [7, 11) is 0. The summed E-state index contributed by atoms with van der Waals surface area (Å²) in [6.07, 6.45) is 8.79. The van der Waals surface area contributed by atoms with Crippen LogP contribution in [0.25, 0.3) is 0 Å². The van der Waals surface area contributed by atoms with Crippen LogP contribution in [0.4, 0.5) is 0 Å².